The molecular weight excluding hydrogens is 403 g/mol. The Hall–Kier alpha value is -1.16. The van der Waals surface area contributed by atoms with Crippen molar-refractivity contribution >= 4 is 56.5 Å². The Bertz CT molecular complexity index is 937. The van der Waals surface area contributed by atoms with E-state index in [9.17, 15) is 8.42 Å². The summed E-state index contributed by atoms with van der Waals surface area (Å²) in [4.78, 5) is 0.871. The van der Waals surface area contributed by atoms with Crippen LogP contribution < -0.4 is 16.2 Å². The first-order chi connectivity index (χ1) is 11.7. The highest BCUT2D eigenvalue weighted by atomic mass is 35.5. The Balaban J connectivity index is 2.18. The minimum atomic E-state index is -3.92. The first-order valence-electron chi connectivity index (χ1n) is 7.20. The molecule has 0 spiro atoms. The number of nitrogens with one attached hydrogen (secondary N) is 1. The van der Waals surface area contributed by atoms with E-state index in [-0.39, 0.29) is 11.1 Å². The Morgan fingerprint density at radius 3 is 2.64 bits per heavy atom. The normalized spacial score (nSPS) is 17.8. The molecule has 2 aromatic rings. The number of hydrogen-bond donors (Lipinski definition) is 3. The van der Waals surface area contributed by atoms with E-state index in [1.807, 2.05) is 17.4 Å². The molecule has 6 nitrogen and oxygen atoms in total. The first kappa shape index (κ1) is 18.6. The molecule has 0 radical (unpaired) electrons. The van der Waals surface area contributed by atoms with Gasteiger partial charge in [0.25, 0.3) is 0 Å². The lowest BCUT2D eigenvalue weighted by Gasteiger charge is -2.33. The van der Waals surface area contributed by atoms with Gasteiger partial charge in [0.05, 0.1) is 21.5 Å². The van der Waals surface area contributed by atoms with Gasteiger partial charge >= 0.3 is 0 Å². The molecule has 0 fully saturated rings. The van der Waals surface area contributed by atoms with Crippen LogP contribution in [0.2, 0.25) is 5.02 Å². The second-order valence-corrected chi connectivity index (χ2v) is 9.02. The summed E-state index contributed by atoms with van der Waals surface area (Å²) in [6, 6.07) is 8.00. The van der Waals surface area contributed by atoms with Gasteiger partial charge in [0, 0.05) is 28.8 Å². The van der Waals surface area contributed by atoms with E-state index in [0.29, 0.717) is 27.7 Å². The molecule has 5 N–H and O–H groups in total. The van der Waals surface area contributed by atoms with Crippen molar-refractivity contribution in [2.75, 3.05) is 24.0 Å². The van der Waals surface area contributed by atoms with Gasteiger partial charge in [-0.15, -0.1) is 11.6 Å². The van der Waals surface area contributed by atoms with Crippen LogP contribution in [0.25, 0.3) is 11.1 Å². The molecule has 10 heteroatoms. The average molecular weight is 419 g/mol. The molecule has 3 rings (SSSR count). The van der Waals surface area contributed by atoms with Crippen molar-refractivity contribution in [1.29, 1.82) is 0 Å². The van der Waals surface area contributed by atoms with E-state index in [4.69, 9.17) is 34.1 Å². The summed E-state index contributed by atoms with van der Waals surface area (Å²) >= 11 is 13.9. The Labute approximate surface area is 160 Å². The van der Waals surface area contributed by atoms with E-state index >= 15 is 0 Å². The van der Waals surface area contributed by atoms with Crippen LogP contribution in [-0.2, 0) is 10.0 Å². The van der Waals surface area contributed by atoms with Crippen molar-refractivity contribution < 1.29 is 8.42 Å². The van der Waals surface area contributed by atoms with E-state index < -0.39 is 10.0 Å². The van der Waals surface area contributed by atoms with Gasteiger partial charge in [-0.1, -0.05) is 11.6 Å². The third-order valence-corrected chi connectivity index (χ3v) is 6.47. The molecule has 0 saturated heterocycles. The number of sulfonamides is 1. The summed E-state index contributed by atoms with van der Waals surface area (Å²) in [5.41, 5.74) is 8.01. The summed E-state index contributed by atoms with van der Waals surface area (Å²) in [6.45, 7) is 0. The fraction of sp³-hybridized carbons (Fsp3) is 0.200. The number of fused-ring (bicyclic) bond motifs is 1. The standard InChI is InChI=1S/C15H16Cl2N4O2S2/c1-21-15(7-16)20-12-6-11(17)9(5-13(12)24-21)10-4-8(18)2-3-14(10)25(19,22)23/h2-6,15,20H,7,18H2,1H3,(H2,19,22,23). The van der Waals surface area contributed by atoms with Gasteiger partial charge in [0.1, 0.15) is 6.17 Å². The second kappa shape index (κ2) is 6.86. The van der Waals surface area contributed by atoms with Gasteiger partial charge in [-0.25, -0.2) is 17.9 Å². The maximum atomic E-state index is 11.9. The fourth-order valence-corrected chi connectivity index (χ4v) is 4.90. The van der Waals surface area contributed by atoms with Gasteiger partial charge in [-0.05, 0) is 42.3 Å². The molecule has 1 aliphatic rings. The predicted octanol–water partition coefficient (Wildman–Crippen LogP) is 3.17. The molecule has 0 aliphatic carbocycles. The van der Waals surface area contributed by atoms with Crippen molar-refractivity contribution in [2.24, 2.45) is 5.14 Å². The average Bonchev–Trinajstić information content (AvgIpc) is 2.53. The van der Waals surface area contributed by atoms with Crippen LogP contribution >= 0.6 is 35.1 Å². The Morgan fingerprint density at radius 2 is 2.00 bits per heavy atom. The monoisotopic (exact) mass is 418 g/mol. The topological polar surface area (TPSA) is 101 Å². The zero-order chi connectivity index (χ0) is 18.4. The van der Waals surface area contributed by atoms with Gasteiger partial charge in [0.15, 0.2) is 0 Å². The molecule has 1 heterocycles. The maximum absolute atomic E-state index is 11.9. The Morgan fingerprint density at radius 1 is 1.28 bits per heavy atom. The summed E-state index contributed by atoms with van der Waals surface area (Å²) in [7, 11) is -2.01. The van der Waals surface area contributed by atoms with Crippen LogP contribution in [0.1, 0.15) is 0 Å². The van der Waals surface area contributed by atoms with Crippen molar-refractivity contribution in [1.82, 2.24) is 4.31 Å². The third kappa shape index (κ3) is 3.69. The van der Waals surface area contributed by atoms with E-state index in [0.717, 1.165) is 10.6 Å². The molecule has 2 aromatic carbocycles. The minimum absolute atomic E-state index is 0.0238. The largest absolute Gasteiger partial charge is 0.399 e. The number of anilines is 2. The van der Waals surface area contributed by atoms with Gasteiger partial charge in [0.2, 0.25) is 10.0 Å². The van der Waals surface area contributed by atoms with Crippen LogP contribution in [0, 0.1) is 0 Å². The van der Waals surface area contributed by atoms with Crippen LogP contribution in [0.3, 0.4) is 0 Å². The molecule has 0 bridgehead atoms. The number of alkyl halides is 1. The summed E-state index contributed by atoms with van der Waals surface area (Å²) in [6.07, 6.45) is -0.0339. The van der Waals surface area contributed by atoms with E-state index in [2.05, 4.69) is 5.32 Å². The highest BCUT2D eigenvalue weighted by molar-refractivity contribution is 7.97. The zero-order valence-electron chi connectivity index (χ0n) is 13.2. The predicted molar refractivity (Wildman–Crippen MR) is 104 cm³/mol. The number of halogens is 2. The van der Waals surface area contributed by atoms with Crippen molar-refractivity contribution in [2.45, 2.75) is 16.0 Å². The smallest absolute Gasteiger partial charge is 0.238 e. The van der Waals surface area contributed by atoms with Crippen LogP contribution in [0.5, 0.6) is 0 Å². The first-order valence-corrected chi connectivity index (χ1v) is 10.4. The highest BCUT2D eigenvalue weighted by Gasteiger charge is 2.25. The quantitative estimate of drug-likeness (QED) is 0.401. The van der Waals surface area contributed by atoms with Crippen LogP contribution in [0.4, 0.5) is 11.4 Å². The number of nitrogens with two attached hydrogens (primary N) is 2. The zero-order valence-corrected chi connectivity index (χ0v) is 16.3. The third-order valence-electron chi connectivity index (χ3n) is 3.82. The lowest BCUT2D eigenvalue weighted by atomic mass is 10.0. The maximum Gasteiger partial charge on any atom is 0.238 e. The van der Waals surface area contributed by atoms with Crippen molar-refractivity contribution in [3.63, 3.8) is 0 Å². The number of hydrogen-bond acceptors (Lipinski definition) is 6. The van der Waals surface area contributed by atoms with Crippen molar-refractivity contribution in [3.8, 4) is 11.1 Å². The van der Waals surface area contributed by atoms with Crippen LogP contribution in [-0.4, -0.2) is 31.8 Å². The number of primary sulfonamides is 1. The van der Waals surface area contributed by atoms with Crippen LogP contribution in [0.15, 0.2) is 40.1 Å². The lowest BCUT2D eigenvalue weighted by Crippen LogP contribution is -2.38. The number of benzene rings is 2. The number of rotatable bonds is 3. The molecule has 0 amide bonds. The molecule has 0 aromatic heterocycles. The molecular formula is C15H16Cl2N4O2S2. The minimum Gasteiger partial charge on any atom is -0.399 e. The fourth-order valence-electron chi connectivity index (χ4n) is 2.58. The van der Waals surface area contributed by atoms with Gasteiger partial charge < -0.3 is 11.1 Å². The number of nitrogens with zero attached hydrogens (tertiary/aromatic N) is 1. The van der Waals surface area contributed by atoms with E-state index in [1.54, 1.807) is 12.1 Å². The highest BCUT2D eigenvalue weighted by Crippen LogP contribution is 2.43. The summed E-state index contributed by atoms with van der Waals surface area (Å²) in [5.74, 6) is 0.410. The molecule has 25 heavy (non-hydrogen) atoms. The molecule has 1 aliphatic heterocycles. The van der Waals surface area contributed by atoms with E-state index in [1.165, 1.54) is 24.1 Å². The second-order valence-electron chi connectivity index (χ2n) is 5.58. The van der Waals surface area contributed by atoms with Crippen molar-refractivity contribution in [3.05, 3.63) is 35.4 Å². The lowest BCUT2D eigenvalue weighted by molar-refractivity contribution is 0.476. The SMILES string of the molecule is CN1Sc2cc(-c3cc(N)ccc3S(N)(=O)=O)c(Cl)cc2NC1CCl. The Kier molecular flexibility index (Phi) is 5.11. The molecule has 134 valence electrons. The summed E-state index contributed by atoms with van der Waals surface area (Å²) < 4.78 is 25.8. The van der Waals surface area contributed by atoms with Gasteiger partial charge in [-0.3, -0.25) is 0 Å². The van der Waals surface area contributed by atoms with Gasteiger partial charge in [-0.2, -0.15) is 0 Å². The molecule has 0 saturated carbocycles. The number of nitrogen functional groups attached to an aromatic ring is 1. The molecule has 1 unspecified atom stereocenters. The summed E-state index contributed by atoms with van der Waals surface area (Å²) in [5, 5.41) is 9.02. The molecule has 1 atom stereocenters.